The fourth-order valence-electron chi connectivity index (χ4n) is 1.34. The average molecular weight is 218 g/mol. The van der Waals surface area contributed by atoms with E-state index in [2.05, 4.69) is 34.7 Å². The van der Waals surface area contributed by atoms with E-state index in [-0.39, 0.29) is 0 Å². The SMILES string of the molecule is Cc1ccc(NCc2sccc2C)cn1. The van der Waals surface area contributed by atoms with Gasteiger partial charge in [-0.3, -0.25) is 4.98 Å². The van der Waals surface area contributed by atoms with Gasteiger partial charge in [0.1, 0.15) is 0 Å². The first-order valence-corrected chi connectivity index (χ1v) is 5.83. The Balaban J connectivity index is 1.99. The lowest BCUT2D eigenvalue weighted by Crippen LogP contribution is -1.99. The molecule has 0 aliphatic rings. The number of thiophene rings is 1. The van der Waals surface area contributed by atoms with Crippen molar-refractivity contribution in [2.75, 3.05) is 5.32 Å². The Hall–Kier alpha value is -1.35. The van der Waals surface area contributed by atoms with Crippen molar-refractivity contribution >= 4 is 17.0 Å². The van der Waals surface area contributed by atoms with Crippen LogP contribution in [-0.4, -0.2) is 4.98 Å². The summed E-state index contributed by atoms with van der Waals surface area (Å²) in [4.78, 5) is 5.63. The summed E-state index contributed by atoms with van der Waals surface area (Å²) in [5.41, 5.74) is 3.48. The minimum atomic E-state index is 0.883. The Morgan fingerprint density at radius 3 is 2.73 bits per heavy atom. The third-order valence-electron chi connectivity index (χ3n) is 2.33. The summed E-state index contributed by atoms with van der Waals surface area (Å²) >= 11 is 1.79. The van der Waals surface area contributed by atoms with Crippen LogP contribution in [0.15, 0.2) is 29.8 Å². The molecular formula is C12H14N2S. The standard InChI is InChI=1S/C12H14N2S/c1-9-5-6-15-12(9)8-14-11-4-3-10(2)13-7-11/h3-7,14H,8H2,1-2H3. The van der Waals surface area contributed by atoms with Crippen molar-refractivity contribution in [3.8, 4) is 0 Å². The zero-order valence-corrected chi connectivity index (χ0v) is 9.77. The smallest absolute Gasteiger partial charge is 0.0529 e. The second kappa shape index (κ2) is 4.45. The highest BCUT2D eigenvalue weighted by molar-refractivity contribution is 7.10. The molecular weight excluding hydrogens is 204 g/mol. The van der Waals surface area contributed by atoms with Gasteiger partial charge in [-0.1, -0.05) is 0 Å². The van der Waals surface area contributed by atoms with E-state index in [0.29, 0.717) is 0 Å². The van der Waals surface area contributed by atoms with E-state index >= 15 is 0 Å². The van der Waals surface area contributed by atoms with Crippen molar-refractivity contribution < 1.29 is 0 Å². The number of anilines is 1. The van der Waals surface area contributed by atoms with Crippen LogP contribution < -0.4 is 5.32 Å². The average Bonchev–Trinajstić information content (AvgIpc) is 2.63. The predicted molar refractivity (Wildman–Crippen MR) is 65.4 cm³/mol. The minimum absolute atomic E-state index is 0.883. The summed E-state index contributed by atoms with van der Waals surface area (Å²) in [7, 11) is 0. The second-order valence-electron chi connectivity index (χ2n) is 3.57. The molecule has 0 bridgehead atoms. The van der Waals surface area contributed by atoms with Gasteiger partial charge < -0.3 is 5.32 Å². The normalized spacial score (nSPS) is 10.3. The largest absolute Gasteiger partial charge is 0.379 e. The number of nitrogens with zero attached hydrogens (tertiary/aromatic N) is 1. The molecule has 3 heteroatoms. The number of aromatic nitrogens is 1. The van der Waals surface area contributed by atoms with Crippen LogP contribution in [0.1, 0.15) is 16.1 Å². The maximum atomic E-state index is 4.24. The number of hydrogen-bond donors (Lipinski definition) is 1. The zero-order valence-electron chi connectivity index (χ0n) is 8.95. The third-order valence-corrected chi connectivity index (χ3v) is 3.36. The van der Waals surface area contributed by atoms with Crippen molar-refractivity contribution in [3.05, 3.63) is 45.9 Å². The van der Waals surface area contributed by atoms with Gasteiger partial charge in [-0.2, -0.15) is 0 Å². The zero-order chi connectivity index (χ0) is 10.7. The fourth-order valence-corrected chi connectivity index (χ4v) is 2.19. The number of nitrogens with one attached hydrogen (secondary N) is 1. The number of rotatable bonds is 3. The molecule has 2 nitrogen and oxygen atoms in total. The Morgan fingerprint density at radius 2 is 2.13 bits per heavy atom. The molecule has 0 aliphatic carbocycles. The van der Waals surface area contributed by atoms with E-state index in [0.717, 1.165) is 17.9 Å². The summed E-state index contributed by atoms with van der Waals surface area (Å²) < 4.78 is 0. The summed E-state index contributed by atoms with van der Waals surface area (Å²) in [6.07, 6.45) is 1.87. The van der Waals surface area contributed by atoms with Gasteiger partial charge in [-0.15, -0.1) is 11.3 Å². The minimum Gasteiger partial charge on any atom is -0.379 e. The maximum absolute atomic E-state index is 4.24. The lowest BCUT2D eigenvalue weighted by atomic mass is 10.3. The van der Waals surface area contributed by atoms with E-state index in [9.17, 15) is 0 Å². The van der Waals surface area contributed by atoms with Gasteiger partial charge in [0, 0.05) is 17.1 Å². The highest BCUT2D eigenvalue weighted by Gasteiger charge is 1.99. The first-order chi connectivity index (χ1) is 7.25. The van der Waals surface area contributed by atoms with Crippen LogP contribution in [0.25, 0.3) is 0 Å². The second-order valence-corrected chi connectivity index (χ2v) is 4.57. The maximum Gasteiger partial charge on any atom is 0.0529 e. The van der Waals surface area contributed by atoms with Crippen molar-refractivity contribution in [2.45, 2.75) is 20.4 Å². The number of aryl methyl sites for hydroxylation is 2. The van der Waals surface area contributed by atoms with Gasteiger partial charge in [-0.05, 0) is 43.0 Å². The van der Waals surface area contributed by atoms with Crippen molar-refractivity contribution in [1.29, 1.82) is 0 Å². The molecule has 0 unspecified atom stereocenters. The highest BCUT2D eigenvalue weighted by atomic mass is 32.1. The van der Waals surface area contributed by atoms with Crippen LogP contribution in [0.3, 0.4) is 0 Å². The van der Waals surface area contributed by atoms with Crippen LogP contribution in [0.4, 0.5) is 5.69 Å². The molecule has 0 aliphatic heterocycles. The van der Waals surface area contributed by atoms with Gasteiger partial charge in [-0.25, -0.2) is 0 Å². The van der Waals surface area contributed by atoms with E-state index in [4.69, 9.17) is 0 Å². The molecule has 0 amide bonds. The van der Waals surface area contributed by atoms with Gasteiger partial charge in [0.2, 0.25) is 0 Å². The van der Waals surface area contributed by atoms with E-state index in [1.165, 1.54) is 10.4 Å². The molecule has 0 saturated carbocycles. The number of pyridine rings is 1. The summed E-state index contributed by atoms with van der Waals surface area (Å²) in [5.74, 6) is 0. The van der Waals surface area contributed by atoms with E-state index < -0.39 is 0 Å². The van der Waals surface area contributed by atoms with Gasteiger partial charge in [0.25, 0.3) is 0 Å². The molecule has 15 heavy (non-hydrogen) atoms. The molecule has 2 rings (SSSR count). The molecule has 0 radical (unpaired) electrons. The fraction of sp³-hybridized carbons (Fsp3) is 0.250. The molecule has 0 spiro atoms. The lowest BCUT2D eigenvalue weighted by Gasteiger charge is -2.05. The van der Waals surface area contributed by atoms with Crippen molar-refractivity contribution in [2.24, 2.45) is 0 Å². The summed E-state index contributed by atoms with van der Waals surface area (Å²) in [6, 6.07) is 6.23. The van der Waals surface area contributed by atoms with Gasteiger partial charge in [0.05, 0.1) is 11.9 Å². The van der Waals surface area contributed by atoms with Crippen molar-refractivity contribution in [1.82, 2.24) is 4.98 Å². The van der Waals surface area contributed by atoms with Crippen LogP contribution >= 0.6 is 11.3 Å². The number of hydrogen-bond acceptors (Lipinski definition) is 3. The van der Waals surface area contributed by atoms with E-state index in [1.54, 1.807) is 11.3 Å². The van der Waals surface area contributed by atoms with Crippen LogP contribution in [0.5, 0.6) is 0 Å². The Bertz CT molecular complexity index is 431. The predicted octanol–water partition coefficient (Wildman–Crippen LogP) is 3.37. The van der Waals surface area contributed by atoms with Crippen LogP contribution in [0, 0.1) is 13.8 Å². The molecule has 2 heterocycles. The first kappa shape index (κ1) is 10.2. The van der Waals surface area contributed by atoms with Crippen molar-refractivity contribution in [3.63, 3.8) is 0 Å². The molecule has 78 valence electrons. The Kier molecular flexibility index (Phi) is 3.02. The quantitative estimate of drug-likeness (QED) is 0.854. The highest BCUT2D eigenvalue weighted by Crippen LogP contribution is 2.17. The molecule has 2 aromatic heterocycles. The Morgan fingerprint density at radius 1 is 1.27 bits per heavy atom. The molecule has 0 saturated heterocycles. The molecule has 2 aromatic rings. The first-order valence-electron chi connectivity index (χ1n) is 4.95. The Labute approximate surface area is 94.0 Å². The monoisotopic (exact) mass is 218 g/mol. The van der Waals surface area contributed by atoms with Crippen LogP contribution in [0.2, 0.25) is 0 Å². The lowest BCUT2D eigenvalue weighted by molar-refractivity contribution is 1.13. The van der Waals surface area contributed by atoms with Gasteiger partial charge >= 0.3 is 0 Å². The van der Waals surface area contributed by atoms with Gasteiger partial charge in [0.15, 0.2) is 0 Å². The molecule has 0 aromatic carbocycles. The summed E-state index contributed by atoms with van der Waals surface area (Å²) in [5, 5.41) is 5.49. The molecule has 0 atom stereocenters. The summed E-state index contributed by atoms with van der Waals surface area (Å²) in [6.45, 7) is 5.02. The topological polar surface area (TPSA) is 24.9 Å². The third kappa shape index (κ3) is 2.57. The van der Waals surface area contributed by atoms with Crippen LogP contribution in [-0.2, 0) is 6.54 Å². The molecule has 0 fully saturated rings. The van der Waals surface area contributed by atoms with E-state index in [1.807, 2.05) is 19.2 Å². The molecule has 1 N–H and O–H groups in total.